The number of carboxylic acids is 1. The van der Waals surface area contributed by atoms with Crippen LogP contribution in [0, 0.1) is 5.92 Å². The molecule has 0 amide bonds. The predicted molar refractivity (Wildman–Crippen MR) is 37.9 cm³/mol. The minimum atomic E-state index is -3.01. The van der Waals surface area contributed by atoms with Crippen molar-refractivity contribution in [1.82, 2.24) is 0 Å². The molecule has 3 N–H and O–H groups in total. The van der Waals surface area contributed by atoms with E-state index in [1.54, 1.807) is 0 Å². The van der Waals surface area contributed by atoms with Crippen LogP contribution in [0.1, 0.15) is 19.3 Å². The van der Waals surface area contributed by atoms with Crippen LogP contribution in [0.4, 0.5) is 8.78 Å². The molecule has 1 aliphatic rings. The third-order valence-electron chi connectivity index (χ3n) is 2.24. The molecule has 12 heavy (non-hydrogen) atoms. The Morgan fingerprint density at radius 3 is 2.50 bits per heavy atom. The molecule has 0 aliphatic heterocycles. The number of hydrogen-bond acceptors (Lipinski definition) is 2. The Bertz CT molecular complexity index is 196. The van der Waals surface area contributed by atoms with Crippen LogP contribution < -0.4 is 5.73 Å². The summed E-state index contributed by atoms with van der Waals surface area (Å²) in [6.45, 7) is 0. The van der Waals surface area contributed by atoms with Crippen LogP contribution in [0.5, 0.6) is 0 Å². The maximum Gasteiger partial charge on any atom is 0.306 e. The molecule has 1 aliphatic carbocycles. The molecule has 0 aromatic heterocycles. The third kappa shape index (κ3) is 1.72. The molecule has 70 valence electrons. The fraction of sp³-hybridized carbons (Fsp3) is 0.857. The van der Waals surface area contributed by atoms with Gasteiger partial charge in [0.05, 0.1) is 12.0 Å². The summed E-state index contributed by atoms with van der Waals surface area (Å²) < 4.78 is 25.6. The lowest BCUT2D eigenvalue weighted by atomic mass is 9.84. The minimum absolute atomic E-state index is 0.0873. The summed E-state index contributed by atoms with van der Waals surface area (Å²) in [4.78, 5) is 10.4. The first-order valence-electron chi connectivity index (χ1n) is 3.79. The zero-order valence-corrected chi connectivity index (χ0v) is 6.46. The van der Waals surface area contributed by atoms with Gasteiger partial charge >= 0.3 is 5.97 Å². The fourth-order valence-electron chi connectivity index (χ4n) is 1.38. The van der Waals surface area contributed by atoms with E-state index >= 15 is 0 Å². The molecule has 1 fully saturated rings. The monoisotopic (exact) mass is 179 g/mol. The summed E-state index contributed by atoms with van der Waals surface area (Å²) in [6, 6.07) is -1.17. The van der Waals surface area contributed by atoms with E-state index < -0.39 is 30.3 Å². The number of halogens is 2. The lowest BCUT2D eigenvalue weighted by molar-refractivity contribution is -0.150. The lowest BCUT2D eigenvalue weighted by Crippen LogP contribution is -2.47. The maximum absolute atomic E-state index is 12.8. The van der Waals surface area contributed by atoms with Gasteiger partial charge in [0.2, 0.25) is 0 Å². The van der Waals surface area contributed by atoms with Gasteiger partial charge in [-0.3, -0.25) is 4.79 Å². The van der Waals surface area contributed by atoms with Crippen molar-refractivity contribution in [3.8, 4) is 0 Å². The molecule has 0 aromatic rings. The van der Waals surface area contributed by atoms with E-state index in [0.29, 0.717) is 0 Å². The second-order valence-corrected chi connectivity index (χ2v) is 3.18. The number of aliphatic carboxylic acids is 1. The summed E-state index contributed by atoms with van der Waals surface area (Å²) in [6.07, 6.45) is -0.278. The van der Waals surface area contributed by atoms with Gasteiger partial charge in [-0.25, -0.2) is 8.78 Å². The van der Waals surface area contributed by atoms with Crippen LogP contribution in [0.25, 0.3) is 0 Å². The first kappa shape index (κ1) is 9.38. The van der Waals surface area contributed by atoms with Gasteiger partial charge in [-0.2, -0.15) is 0 Å². The molecule has 0 bridgehead atoms. The molecule has 0 spiro atoms. The van der Waals surface area contributed by atoms with Crippen LogP contribution in [0.15, 0.2) is 0 Å². The van der Waals surface area contributed by atoms with E-state index in [-0.39, 0.29) is 12.8 Å². The standard InChI is InChI=1S/C7H11F2NO2/c8-7(9)3-4(6(11)12)1-2-5(7)10/h4-5H,1-3,10H2,(H,11,12). The lowest BCUT2D eigenvalue weighted by Gasteiger charge is -2.31. The molecule has 0 aromatic carbocycles. The summed E-state index contributed by atoms with van der Waals surface area (Å²) in [5.74, 6) is -5.09. The fourth-order valence-corrected chi connectivity index (χ4v) is 1.38. The van der Waals surface area contributed by atoms with Gasteiger partial charge in [-0.1, -0.05) is 0 Å². The zero-order valence-electron chi connectivity index (χ0n) is 6.46. The molecule has 0 saturated heterocycles. The Morgan fingerprint density at radius 1 is 1.50 bits per heavy atom. The number of rotatable bonds is 1. The van der Waals surface area contributed by atoms with Crippen LogP contribution >= 0.6 is 0 Å². The SMILES string of the molecule is NC1CCC(C(=O)O)CC1(F)F. The van der Waals surface area contributed by atoms with E-state index in [1.165, 1.54) is 0 Å². The van der Waals surface area contributed by atoms with Gasteiger partial charge in [0.1, 0.15) is 0 Å². The van der Waals surface area contributed by atoms with Crippen molar-refractivity contribution in [1.29, 1.82) is 0 Å². The topological polar surface area (TPSA) is 63.3 Å². The summed E-state index contributed by atoms with van der Waals surface area (Å²) in [5.41, 5.74) is 5.13. The smallest absolute Gasteiger partial charge is 0.306 e. The Hall–Kier alpha value is -0.710. The minimum Gasteiger partial charge on any atom is -0.481 e. The second kappa shape index (κ2) is 2.97. The van der Waals surface area contributed by atoms with Crippen molar-refractivity contribution in [3.63, 3.8) is 0 Å². The van der Waals surface area contributed by atoms with Crippen LogP contribution in [0.2, 0.25) is 0 Å². The first-order chi connectivity index (χ1) is 5.43. The summed E-state index contributed by atoms with van der Waals surface area (Å²) in [7, 11) is 0. The Balaban J connectivity index is 2.63. The van der Waals surface area contributed by atoms with Crippen molar-refractivity contribution in [2.75, 3.05) is 0 Å². The van der Waals surface area contributed by atoms with E-state index in [2.05, 4.69) is 0 Å². The third-order valence-corrected chi connectivity index (χ3v) is 2.24. The normalized spacial score (nSPS) is 34.6. The Morgan fingerprint density at radius 2 is 2.08 bits per heavy atom. The van der Waals surface area contributed by atoms with Crippen molar-refractivity contribution in [2.45, 2.75) is 31.2 Å². The van der Waals surface area contributed by atoms with Crippen molar-refractivity contribution >= 4 is 5.97 Å². The molecule has 3 nitrogen and oxygen atoms in total. The number of carboxylic acid groups (broad SMARTS) is 1. The highest BCUT2D eigenvalue weighted by molar-refractivity contribution is 5.70. The molecule has 1 rings (SSSR count). The number of alkyl halides is 2. The molecule has 0 radical (unpaired) electrons. The first-order valence-corrected chi connectivity index (χ1v) is 3.79. The number of hydrogen-bond donors (Lipinski definition) is 2. The molecular weight excluding hydrogens is 168 g/mol. The van der Waals surface area contributed by atoms with Gasteiger partial charge in [0.15, 0.2) is 0 Å². The average Bonchev–Trinajstić information content (AvgIpc) is 1.94. The van der Waals surface area contributed by atoms with Crippen LogP contribution in [0.3, 0.4) is 0 Å². The van der Waals surface area contributed by atoms with Gasteiger partial charge in [-0.05, 0) is 12.8 Å². The van der Waals surface area contributed by atoms with E-state index in [4.69, 9.17) is 10.8 Å². The maximum atomic E-state index is 12.8. The molecule has 5 heteroatoms. The molecule has 2 atom stereocenters. The van der Waals surface area contributed by atoms with Crippen molar-refractivity contribution in [3.05, 3.63) is 0 Å². The van der Waals surface area contributed by atoms with Crippen molar-refractivity contribution in [2.24, 2.45) is 11.7 Å². The molecular formula is C7H11F2NO2. The largest absolute Gasteiger partial charge is 0.481 e. The molecule has 0 heterocycles. The number of nitrogens with two attached hydrogens (primary N) is 1. The van der Waals surface area contributed by atoms with Gasteiger partial charge in [-0.15, -0.1) is 0 Å². The highest BCUT2D eigenvalue weighted by atomic mass is 19.3. The summed E-state index contributed by atoms with van der Waals surface area (Å²) in [5, 5.41) is 8.48. The van der Waals surface area contributed by atoms with Crippen molar-refractivity contribution < 1.29 is 18.7 Å². The van der Waals surface area contributed by atoms with Crippen LogP contribution in [-0.4, -0.2) is 23.0 Å². The number of carbonyl (C=O) groups is 1. The molecule has 2 unspecified atom stereocenters. The average molecular weight is 179 g/mol. The van der Waals surface area contributed by atoms with Gasteiger partial charge < -0.3 is 10.8 Å². The van der Waals surface area contributed by atoms with E-state index in [0.717, 1.165) is 0 Å². The zero-order chi connectivity index (χ0) is 9.35. The van der Waals surface area contributed by atoms with Gasteiger partial charge in [0, 0.05) is 6.42 Å². The quantitative estimate of drug-likeness (QED) is 0.626. The highest BCUT2D eigenvalue weighted by Crippen LogP contribution is 2.35. The van der Waals surface area contributed by atoms with Gasteiger partial charge in [0.25, 0.3) is 5.92 Å². The second-order valence-electron chi connectivity index (χ2n) is 3.18. The Kier molecular flexibility index (Phi) is 2.32. The van der Waals surface area contributed by atoms with E-state index in [1.807, 2.05) is 0 Å². The summed E-state index contributed by atoms with van der Waals surface area (Å²) >= 11 is 0. The highest BCUT2D eigenvalue weighted by Gasteiger charge is 2.45. The van der Waals surface area contributed by atoms with Crippen LogP contribution in [-0.2, 0) is 4.79 Å². The Labute approximate surface area is 68.5 Å². The van der Waals surface area contributed by atoms with E-state index in [9.17, 15) is 13.6 Å². The molecule has 1 saturated carbocycles. The predicted octanol–water partition coefficient (Wildman–Crippen LogP) is 0.834.